The highest BCUT2D eigenvalue weighted by Gasteiger charge is 2.30. The van der Waals surface area contributed by atoms with Gasteiger partial charge in [-0.1, -0.05) is 24.0 Å². The third-order valence-corrected chi connectivity index (χ3v) is 3.09. The van der Waals surface area contributed by atoms with Crippen molar-refractivity contribution in [1.82, 2.24) is 0 Å². The van der Waals surface area contributed by atoms with Crippen LogP contribution in [0.25, 0.3) is 0 Å². The summed E-state index contributed by atoms with van der Waals surface area (Å²) in [7, 11) is 1.56. The molecule has 0 aliphatic rings. The molecule has 3 N–H and O–H groups in total. The lowest BCUT2D eigenvalue weighted by molar-refractivity contribution is -0.137. The van der Waals surface area contributed by atoms with E-state index in [1.807, 2.05) is 0 Å². The first-order valence-electron chi connectivity index (χ1n) is 7.25. The number of hydrogen-bond donors (Lipinski definition) is 2. The Hall–Kier alpha value is -3.14. The fourth-order valence-electron chi connectivity index (χ4n) is 1.93. The molecule has 0 radical (unpaired) electrons. The minimum absolute atomic E-state index is 0.0546. The van der Waals surface area contributed by atoms with Gasteiger partial charge in [0.2, 0.25) is 0 Å². The highest BCUT2D eigenvalue weighted by Crippen LogP contribution is 2.29. The first-order chi connectivity index (χ1) is 11.9. The average Bonchev–Trinajstić information content (AvgIpc) is 2.58. The fourth-order valence-corrected chi connectivity index (χ4v) is 1.93. The molecule has 0 spiro atoms. The summed E-state index contributed by atoms with van der Waals surface area (Å²) >= 11 is 0. The van der Waals surface area contributed by atoms with Gasteiger partial charge in [-0.25, -0.2) is 4.99 Å². The van der Waals surface area contributed by atoms with Crippen LogP contribution in [0.4, 0.5) is 18.9 Å². The van der Waals surface area contributed by atoms with Crippen molar-refractivity contribution in [1.29, 1.82) is 0 Å². The van der Waals surface area contributed by atoms with Crippen LogP contribution in [0.1, 0.15) is 11.1 Å². The number of guanidine groups is 1. The molecule has 0 heterocycles. The molecule has 0 saturated heterocycles. The predicted molar refractivity (Wildman–Crippen MR) is 91.4 cm³/mol. The minimum Gasteiger partial charge on any atom is -0.497 e. The van der Waals surface area contributed by atoms with Crippen LogP contribution >= 0.6 is 0 Å². The van der Waals surface area contributed by atoms with Gasteiger partial charge in [0.1, 0.15) is 12.3 Å². The van der Waals surface area contributed by atoms with Gasteiger partial charge < -0.3 is 15.8 Å². The number of aliphatic imine (C=N–C) groups is 1. The second-order valence-electron chi connectivity index (χ2n) is 4.94. The van der Waals surface area contributed by atoms with E-state index in [2.05, 4.69) is 22.2 Å². The zero-order chi connectivity index (χ0) is 18.3. The number of alkyl halides is 3. The lowest BCUT2D eigenvalue weighted by Crippen LogP contribution is -2.22. The number of methoxy groups -OCH3 is 1. The van der Waals surface area contributed by atoms with Crippen molar-refractivity contribution in [2.45, 2.75) is 6.18 Å². The molecule has 7 heteroatoms. The Balaban J connectivity index is 1.98. The lowest BCUT2D eigenvalue weighted by atomic mass is 10.1. The molecular weight excluding hydrogens is 331 g/mol. The van der Waals surface area contributed by atoms with E-state index in [4.69, 9.17) is 10.5 Å². The molecule has 0 bridgehead atoms. The Morgan fingerprint density at radius 1 is 1.20 bits per heavy atom. The number of benzene rings is 2. The molecule has 0 saturated carbocycles. The second kappa shape index (κ2) is 8.11. The standard InChI is InChI=1S/C18H16F3N3O/c1-25-16-9-3-8-15(12-16)24-17(22)23-10-4-6-13-5-2-7-14(11-13)18(19,20)21/h2-3,5,7-9,11-12H,10H2,1H3,(H3,22,23,24). The van der Waals surface area contributed by atoms with Crippen LogP contribution in [0.5, 0.6) is 5.75 Å². The molecule has 0 aliphatic carbocycles. The van der Waals surface area contributed by atoms with E-state index in [1.165, 1.54) is 12.1 Å². The van der Waals surface area contributed by atoms with Gasteiger partial charge in [0.25, 0.3) is 0 Å². The Labute approximate surface area is 143 Å². The van der Waals surface area contributed by atoms with Crippen molar-refractivity contribution in [3.63, 3.8) is 0 Å². The number of halogens is 3. The van der Waals surface area contributed by atoms with Gasteiger partial charge in [-0.2, -0.15) is 13.2 Å². The molecule has 2 aromatic carbocycles. The summed E-state index contributed by atoms with van der Waals surface area (Å²) < 4.78 is 43.0. The van der Waals surface area contributed by atoms with Crippen molar-refractivity contribution >= 4 is 11.6 Å². The summed E-state index contributed by atoms with van der Waals surface area (Å²) in [4.78, 5) is 4.01. The normalized spacial score (nSPS) is 11.4. The minimum atomic E-state index is -4.39. The molecule has 0 aromatic heterocycles. The number of anilines is 1. The van der Waals surface area contributed by atoms with E-state index in [9.17, 15) is 13.2 Å². The molecule has 2 rings (SSSR count). The second-order valence-corrected chi connectivity index (χ2v) is 4.94. The Bertz CT molecular complexity index is 820. The highest BCUT2D eigenvalue weighted by molar-refractivity contribution is 5.92. The molecule has 2 aromatic rings. The molecule has 0 unspecified atom stereocenters. The first-order valence-corrected chi connectivity index (χ1v) is 7.25. The number of nitrogens with one attached hydrogen (secondary N) is 1. The van der Waals surface area contributed by atoms with Gasteiger partial charge in [0.15, 0.2) is 5.96 Å². The van der Waals surface area contributed by atoms with Crippen molar-refractivity contribution < 1.29 is 17.9 Å². The van der Waals surface area contributed by atoms with Crippen LogP contribution in [0.3, 0.4) is 0 Å². The largest absolute Gasteiger partial charge is 0.497 e. The van der Waals surface area contributed by atoms with Crippen molar-refractivity contribution in [3.05, 3.63) is 59.7 Å². The Morgan fingerprint density at radius 2 is 1.96 bits per heavy atom. The van der Waals surface area contributed by atoms with Gasteiger partial charge in [-0.15, -0.1) is 0 Å². The third-order valence-electron chi connectivity index (χ3n) is 3.09. The monoisotopic (exact) mass is 347 g/mol. The summed E-state index contributed by atoms with van der Waals surface area (Å²) in [5.74, 6) is 6.12. The third kappa shape index (κ3) is 5.77. The number of nitrogens with two attached hydrogens (primary N) is 1. The molecule has 0 fully saturated rings. The van der Waals surface area contributed by atoms with Crippen LogP contribution in [-0.4, -0.2) is 19.6 Å². The fraction of sp³-hybridized carbons (Fsp3) is 0.167. The predicted octanol–water partition coefficient (Wildman–Crippen LogP) is 3.49. The first kappa shape index (κ1) is 18.2. The van der Waals surface area contributed by atoms with E-state index in [1.54, 1.807) is 31.4 Å². The summed E-state index contributed by atoms with van der Waals surface area (Å²) in [6, 6.07) is 11.9. The summed E-state index contributed by atoms with van der Waals surface area (Å²) in [6.45, 7) is 0.0546. The van der Waals surface area contributed by atoms with Crippen molar-refractivity contribution in [2.24, 2.45) is 10.7 Å². The van der Waals surface area contributed by atoms with Gasteiger partial charge in [-0.3, -0.25) is 0 Å². The van der Waals surface area contributed by atoms with E-state index in [0.29, 0.717) is 11.4 Å². The van der Waals surface area contributed by atoms with Crippen LogP contribution in [0.15, 0.2) is 53.5 Å². The molecule has 0 atom stereocenters. The molecule has 25 heavy (non-hydrogen) atoms. The number of rotatable bonds is 3. The number of hydrogen-bond acceptors (Lipinski definition) is 2. The Kier molecular flexibility index (Phi) is 5.90. The van der Waals surface area contributed by atoms with Crippen molar-refractivity contribution in [2.75, 3.05) is 19.0 Å². The van der Waals surface area contributed by atoms with Crippen LogP contribution < -0.4 is 15.8 Å². The molecule has 0 aliphatic heterocycles. The zero-order valence-corrected chi connectivity index (χ0v) is 13.4. The van der Waals surface area contributed by atoms with Gasteiger partial charge in [-0.05, 0) is 30.3 Å². The van der Waals surface area contributed by atoms with Gasteiger partial charge >= 0.3 is 6.18 Å². The van der Waals surface area contributed by atoms with Crippen molar-refractivity contribution in [3.8, 4) is 17.6 Å². The maximum Gasteiger partial charge on any atom is 0.416 e. The topological polar surface area (TPSA) is 59.6 Å². The van der Waals surface area contributed by atoms with Crippen LogP contribution in [-0.2, 0) is 6.18 Å². The van der Waals surface area contributed by atoms with E-state index >= 15 is 0 Å². The highest BCUT2D eigenvalue weighted by atomic mass is 19.4. The zero-order valence-electron chi connectivity index (χ0n) is 13.4. The molecule has 4 nitrogen and oxygen atoms in total. The summed E-state index contributed by atoms with van der Waals surface area (Å²) in [5, 5.41) is 2.88. The van der Waals surface area contributed by atoms with Crippen LogP contribution in [0, 0.1) is 11.8 Å². The van der Waals surface area contributed by atoms with E-state index in [-0.39, 0.29) is 18.1 Å². The average molecular weight is 347 g/mol. The maximum atomic E-state index is 12.6. The van der Waals surface area contributed by atoms with Crippen LogP contribution in [0.2, 0.25) is 0 Å². The quantitative estimate of drug-likeness (QED) is 0.508. The van der Waals surface area contributed by atoms with E-state index in [0.717, 1.165) is 12.1 Å². The molecule has 130 valence electrons. The molecular formula is C18H16F3N3O. The summed E-state index contributed by atoms with van der Waals surface area (Å²) in [6.07, 6.45) is -4.39. The van der Waals surface area contributed by atoms with Gasteiger partial charge in [0.05, 0.1) is 12.7 Å². The maximum absolute atomic E-state index is 12.6. The number of ether oxygens (including phenoxy) is 1. The van der Waals surface area contributed by atoms with Gasteiger partial charge in [0, 0.05) is 17.3 Å². The lowest BCUT2D eigenvalue weighted by Gasteiger charge is -2.06. The molecule has 0 amide bonds. The van der Waals surface area contributed by atoms with E-state index < -0.39 is 11.7 Å². The summed E-state index contributed by atoms with van der Waals surface area (Å²) in [5.41, 5.74) is 5.97. The Morgan fingerprint density at radius 3 is 2.68 bits per heavy atom. The number of nitrogens with zero attached hydrogens (tertiary/aromatic N) is 1. The SMILES string of the molecule is COc1cccc(NC(N)=NCC#Cc2cccc(C(F)(F)F)c2)c1. The smallest absolute Gasteiger partial charge is 0.416 e.